The summed E-state index contributed by atoms with van der Waals surface area (Å²) in [5, 5.41) is 33.1. The average Bonchev–Trinajstić information content (AvgIpc) is 3.33. The molecule has 3 heterocycles. The molecule has 0 spiro atoms. The molecule has 3 fully saturated rings. The number of aliphatic hydroxyl groups is 3. The van der Waals surface area contributed by atoms with Gasteiger partial charge in [0, 0.05) is 61.1 Å². The van der Waals surface area contributed by atoms with Crippen LogP contribution in [-0.4, -0.2) is 145 Å². The Morgan fingerprint density at radius 1 is 0.926 bits per heavy atom. The molecular formula is C53H85NO14. The lowest BCUT2D eigenvalue weighted by molar-refractivity contribution is -0.265. The van der Waals surface area contributed by atoms with Crippen LogP contribution in [0.25, 0.3) is 0 Å². The number of aliphatic hydroxyl groups excluding tert-OH is 2. The molecule has 68 heavy (non-hydrogen) atoms. The molecule has 15 nitrogen and oxygen atoms in total. The smallest absolute Gasteiger partial charge is 0.329 e. The average molecular weight is 976 g/mol. The highest BCUT2D eigenvalue weighted by Gasteiger charge is 2.53. The molecule has 1 amide bonds. The van der Waals surface area contributed by atoms with Crippen LogP contribution in [0.2, 0.25) is 0 Å². The first-order chi connectivity index (χ1) is 35.2. The molecule has 0 aromatic carbocycles. The molecular weight excluding hydrogens is 875 g/mol. The lowest BCUT2D eigenvalue weighted by atomic mass is 9.78. The van der Waals surface area contributed by atoms with Crippen LogP contribution in [0.1, 0.15) is 143 Å². The maximum absolute atomic E-state index is 14.7. The van der Waals surface area contributed by atoms with Crippen LogP contribution in [-0.2, 0) is 52.4 Å². The van der Waals surface area contributed by atoms with Gasteiger partial charge >= 0.3 is 5.97 Å². The van der Waals surface area contributed by atoms with Crippen molar-refractivity contribution in [2.45, 2.75) is 186 Å². The van der Waals surface area contributed by atoms with Crippen LogP contribution >= 0.6 is 0 Å². The van der Waals surface area contributed by atoms with Gasteiger partial charge in [-0.1, -0.05) is 71.9 Å². The fourth-order valence-corrected chi connectivity index (χ4v) is 9.91. The van der Waals surface area contributed by atoms with Gasteiger partial charge in [-0.2, -0.15) is 0 Å². The number of ketones is 3. The number of methoxy groups -OCH3 is 3. The molecule has 1 saturated carbocycles. The van der Waals surface area contributed by atoms with Crippen molar-refractivity contribution in [1.29, 1.82) is 0 Å². The van der Waals surface area contributed by atoms with E-state index in [4.69, 9.17) is 38.0 Å². The second-order valence-corrected chi connectivity index (χ2v) is 19.7. The van der Waals surface area contributed by atoms with E-state index in [-0.39, 0.29) is 63.2 Å². The first-order valence-corrected chi connectivity index (χ1v) is 24.5. The lowest BCUT2D eigenvalue weighted by Gasteiger charge is -2.42. The van der Waals surface area contributed by atoms with E-state index in [0.29, 0.717) is 12.8 Å². The minimum absolute atomic E-state index is 0.0359. The van der Waals surface area contributed by atoms with Crippen LogP contribution in [0.4, 0.5) is 0 Å². The summed E-state index contributed by atoms with van der Waals surface area (Å²) in [6.07, 6.45) is -4.73. The quantitative estimate of drug-likeness (QED) is 0.172. The topological polar surface area (TPSA) is 205 Å². The van der Waals surface area contributed by atoms with Gasteiger partial charge in [0.15, 0.2) is 5.78 Å². The highest BCUT2D eigenvalue weighted by Crippen LogP contribution is 2.38. The summed E-state index contributed by atoms with van der Waals surface area (Å²) in [7, 11) is -0.459. The molecule has 4 rings (SSSR count). The van der Waals surface area contributed by atoms with E-state index in [9.17, 15) is 40.7 Å². The van der Waals surface area contributed by atoms with E-state index in [1.54, 1.807) is 34.6 Å². The number of hydrogen-bond acceptors (Lipinski definition) is 14. The molecule has 3 aliphatic heterocycles. The highest BCUT2D eigenvalue weighted by molar-refractivity contribution is 6.39. The number of carbonyl (C=O) groups excluding carboxylic acids is 5. The molecule has 1 aliphatic carbocycles. The number of esters is 1. The molecule has 2 bridgehead atoms. The van der Waals surface area contributed by atoms with E-state index in [1.807, 2.05) is 44.2 Å². The Kier molecular flexibility index (Phi) is 18.6. The number of amides is 1. The Bertz CT molecular complexity index is 2110. The number of rotatable bonds is 9. The van der Waals surface area contributed by atoms with E-state index in [2.05, 4.69) is 0 Å². The van der Waals surface area contributed by atoms with Gasteiger partial charge in [-0.25, -0.2) is 4.79 Å². The highest BCUT2D eigenvalue weighted by atomic mass is 16.6. The summed E-state index contributed by atoms with van der Waals surface area (Å²) in [6.45, 7) is 10.4. The molecule has 0 aromatic heterocycles. The van der Waals surface area contributed by atoms with E-state index in [1.165, 1.54) is 14.2 Å². The van der Waals surface area contributed by atoms with Gasteiger partial charge in [0.2, 0.25) is 5.79 Å². The summed E-state index contributed by atoms with van der Waals surface area (Å²) in [5.41, 5.74) is 0.801. The summed E-state index contributed by atoms with van der Waals surface area (Å²) in [5.74, 6) is -12.4. The minimum atomic E-state index is -3.30. The summed E-state index contributed by atoms with van der Waals surface area (Å²) < 4.78 is 103. The molecule has 16 atom stereocenters. The van der Waals surface area contributed by atoms with Crippen LogP contribution in [0, 0.1) is 41.4 Å². The molecule has 386 valence electrons. The van der Waals surface area contributed by atoms with Crippen molar-refractivity contribution >= 4 is 29.2 Å². The van der Waals surface area contributed by atoms with Gasteiger partial charge in [-0.15, -0.1) is 0 Å². The predicted octanol–water partition coefficient (Wildman–Crippen LogP) is 6.28. The molecule has 15 heteroatoms. The fraction of sp³-hybridized carbons (Fsp3) is 0.792. The Morgan fingerprint density at radius 3 is 2.37 bits per heavy atom. The van der Waals surface area contributed by atoms with Crippen LogP contribution in [0.3, 0.4) is 0 Å². The van der Waals surface area contributed by atoms with E-state index in [0.717, 1.165) is 10.5 Å². The van der Waals surface area contributed by atoms with Crippen molar-refractivity contribution in [1.82, 2.24) is 4.90 Å². The van der Waals surface area contributed by atoms with Gasteiger partial charge in [0.1, 0.15) is 24.0 Å². The summed E-state index contributed by atoms with van der Waals surface area (Å²) in [4.78, 5) is 72.6. The predicted molar refractivity (Wildman–Crippen MR) is 256 cm³/mol. The van der Waals surface area contributed by atoms with Crippen LogP contribution < -0.4 is 0 Å². The Morgan fingerprint density at radius 2 is 1.68 bits per heavy atom. The number of piperidine rings is 1. The van der Waals surface area contributed by atoms with Crippen molar-refractivity contribution in [3.63, 3.8) is 0 Å². The van der Waals surface area contributed by atoms with Gasteiger partial charge in [-0.05, 0) is 107 Å². The maximum atomic E-state index is 14.7. The number of cyclic esters (lactones) is 1. The zero-order chi connectivity index (χ0) is 57.4. The largest absolute Gasteiger partial charge is 0.460 e. The standard InChI is InChI=1S/C53H85NO14/c1-32-16-12-11-13-17-33(2)44(63-8)30-40-21-19-38(7)53(62,68-40)50(59)51(60)54-23-15-14-18-41(54)52(61)67-45(35(4)28-39-20-22-43(66-25-24-55)46(29-39)64-9)31-42(56)34(3)27-37(6)48(58)49(65-10)47(57)36(5)26-32/h11-13,16-17,32,34-41,43-46,48-49,55,58,62H,14-15,18-31H2,1-10H3/b13-11+,16-12+,33-17+/t32-,34-,35-,36-,37+,38-,39+,40+,41+,43?,44+,45+,46-,48-,49+,53-/m1/s1/i9T3,22T2,41T,43T,46T. The fourth-order valence-electron chi connectivity index (χ4n) is 9.91. The van der Waals surface area contributed by atoms with Crippen molar-refractivity contribution in [3.05, 3.63) is 36.0 Å². The molecule has 1 unspecified atom stereocenters. The molecule has 2 saturated heterocycles. The van der Waals surface area contributed by atoms with Crippen molar-refractivity contribution in [2.75, 3.05) is 41.0 Å². The normalized spacial score (nSPS) is 45.5. The van der Waals surface area contributed by atoms with Crippen LogP contribution in [0.5, 0.6) is 0 Å². The van der Waals surface area contributed by atoms with Gasteiger partial charge in [0.05, 0.1) is 51.9 Å². The third-order valence-electron chi connectivity index (χ3n) is 14.3. The number of carbonyl (C=O) groups is 5. The Balaban J connectivity index is 1.78. The SMILES string of the molecule is [3H]C([3H])([3H])O[C@]1([3H])C[C@H](C[C@@H](C)[C@@H]2CC(=O)[C@H](C)C[C@H](C)[C@@H](O)[C@@H](OC)C(=O)[C@H](C)C[C@H](C)/C=C/C=C/C=C(\C)[C@@H](OC)C[C@@H]3CC[C@@H](C)[C@@](O)(O3)C(=O)C(=O)N3CCCC[C@@]3([3H])C(=O)O2)CC([3H])([3H])C1([3H])OCCO. The van der Waals surface area contributed by atoms with E-state index < -0.39 is 159 Å². The number of ether oxygens (including phenoxy) is 6. The summed E-state index contributed by atoms with van der Waals surface area (Å²) in [6, 6.07) is -2.56. The number of allylic oxidation sites excluding steroid dienone is 5. The van der Waals surface area contributed by atoms with Crippen molar-refractivity contribution in [3.8, 4) is 0 Å². The number of nitrogens with zero attached hydrogens (tertiary/aromatic N) is 1. The third-order valence-corrected chi connectivity index (χ3v) is 14.3. The lowest BCUT2D eigenvalue weighted by Crippen LogP contribution is -2.61. The molecule has 4 aliphatic rings. The zero-order valence-electron chi connectivity index (χ0n) is 49.7. The molecule has 0 radical (unpaired) electrons. The third kappa shape index (κ3) is 15.4. The minimum Gasteiger partial charge on any atom is -0.460 e. The van der Waals surface area contributed by atoms with Gasteiger partial charge < -0.3 is 48.6 Å². The second-order valence-electron chi connectivity index (χ2n) is 19.7. The van der Waals surface area contributed by atoms with Crippen molar-refractivity contribution < 1.29 is 78.7 Å². The summed E-state index contributed by atoms with van der Waals surface area (Å²) >= 11 is 0. The second kappa shape index (κ2) is 27.5. The first kappa shape index (κ1) is 46.0. The first-order valence-electron chi connectivity index (χ1n) is 28.5. The maximum Gasteiger partial charge on any atom is 0.329 e. The number of Topliss-reactive ketones (excluding diaryl/α,β-unsaturated/α-hetero) is 3. The van der Waals surface area contributed by atoms with Gasteiger partial charge in [-0.3, -0.25) is 19.2 Å². The Labute approximate surface area is 416 Å². The monoisotopic (exact) mass is 976 g/mol. The molecule has 0 aromatic rings. The zero-order valence-corrected chi connectivity index (χ0v) is 41.7. The van der Waals surface area contributed by atoms with Crippen LogP contribution in [0.15, 0.2) is 36.0 Å². The number of fused-ring (bicyclic) bond motifs is 3. The van der Waals surface area contributed by atoms with E-state index >= 15 is 0 Å². The molecule has 3 N–H and O–H groups in total. The van der Waals surface area contributed by atoms with Gasteiger partial charge in [0.25, 0.3) is 11.7 Å². The number of hydrogen-bond donors (Lipinski definition) is 3. The Hall–Kier alpha value is -3.15. The van der Waals surface area contributed by atoms with Crippen molar-refractivity contribution in [2.24, 2.45) is 41.4 Å².